The van der Waals surface area contributed by atoms with Gasteiger partial charge in [-0.3, -0.25) is 4.79 Å². The monoisotopic (exact) mass is 959 g/mol. The van der Waals surface area contributed by atoms with Gasteiger partial charge in [0.05, 0.1) is 26.4 Å². The van der Waals surface area contributed by atoms with Crippen molar-refractivity contribution in [2.45, 2.75) is 274 Å². The fraction of sp³-hybridized carbons (Fsp3) is 0.906. The van der Waals surface area contributed by atoms with E-state index in [0.29, 0.717) is 13.0 Å². The van der Waals surface area contributed by atoms with Crippen LogP contribution >= 0.6 is 0 Å². The van der Waals surface area contributed by atoms with Crippen molar-refractivity contribution in [3.8, 4) is 0 Å². The predicted molar refractivity (Wildman–Crippen MR) is 261 cm³/mol. The molecule has 0 spiro atoms. The highest BCUT2D eigenvalue weighted by molar-refractivity contribution is 5.69. The van der Waals surface area contributed by atoms with Crippen molar-refractivity contribution in [1.82, 2.24) is 0 Å². The molecule has 14 nitrogen and oxygen atoms in total. The van der Waals surface area contributed by atoms with E-state index in [-0.39, 0.29) is 25.6 Å². The minimum atomic E-state index is -1.71. The van der Waals surface area contributed by atoms with Crippen LogP contribution < -0.4 is 0 Å². The molecule has 11 unspecified atom stereocenters. The van der Waals surface area contributed by atoms with E-state index in [1.807, 2.05) is 0 Å². The van der Waals surface area contributed by atoms with E-state index in [1.165, 1.54) is 116 Å². The van der Waals surface area contributed by atoms with E-state index in [0.717, 1.165) is 64.2 Å². The molecule has 67 heavy (non-hydrogen) atoms. The first-order chi connectivity index (χ1) is 32.6. The summed E-state index contributed by atoms with van der Waals surface area (Å²) in [6, 6.07) is 0. The average Bonchev–Trinajstić information content (AvgIpc) is 3.32. The lowest BCUT2D eigenvalue weighted by Crippen LogP contribution is -2.61. The Morgan fingerprint density at radius 3 is 1.46 bits per heavy atom. The number of hydrogen-bond donors (Lipinski definition) is 7. The molecular weight excluding hydrogens is 861 g/mol. The van der Waals surface area contributed by atoms with Crippen LogP contribution in [0, 0.1) is 0 Å². The minimum Gasteiger partial charge on any atom is -0.457 e. The van der Waals surface area contributed by atoms with Crippen LogP contribution in [0.25, 0.3) is 0 Å². The molecule has 0 radical (unpaired) electrons. The number of hydrogen-bond acceptors (Lipinski definition) is 14. The Labute approximate surface area is 405 Å². The lowest BCUT2D eigenvalue weighted by Gasteiger charge is -2.42. The van der Waals surface area contributed by atoms with Gasteiger partial charge in [0.2, 0.25) is 0 Å². The highest BCUT2D eigenvalue weighted by Gasteiger charge is 2.47. The van der Waals surface area contributed by atoms with Crippen molar-refractivity contribution in [2.75, 3.05) is 33.0 Å². The van der Waals surface area contributed by atoms with E-state index in [9.17, 15) is 40.5 Å². The van der Waals surface area contributed by atoms with E-state index in [4.69, 9.17) is 28.4 Å². The molecule has 11 atom stereocenters. The number of aliphatic hydroxyl groups is 7. The Hall–Kier alpha value is -1.53. The SMILES string of the molecule is CCCCC/C=C\C/C=C\CCCCCCCC(=O)OC(COCCCCCCCCCCCCCCCCCCCC)COC1OC(COC2OC(CO)C(O)C(O)C2O)C(O)C(O)C1O. The predicted octanol–water partition coefficient (Wildman–Crippen LogP) is 8.41. The Morgan fingerprint density at radius 2 is 0.925 bits per heavy atom. The summed E-state index contributed by atoms with van der Waals surface area (Å²) in [4.78, 5) is 13.0. The van der Waals surface area contributed by atoms with Gasteiger partial charge in [-0.05, 0) is 44.9 Å². The maximum Gasteiger partial charge on any atom is 0.306 e. The molecule has 2 aliphatic heterocycles. The summed E-state index contributed by atoms with van der Waals surface area (Å²) in [7, 11) is 0. The molecule has 0 saturated carbocycles. The highest BCUT2D eigenvalue weighted by Crippen LogP contribution is 2.26. The molecule has 0 bridgehead atoms. The van der Waals surface area contributed by atoms with Gasteiger partial charge < -0.3 is 64.2 Å². The van der Waals surface area contributed by atoms with Gasteiger partial charge >= 0.3 is 5.97 Å². The van der Waals surface area contributed by atoms with Gasteiger partial charge in [0.15, 0.2) is 12.6 Å². The second kappa shape index (κ2) is 41.1. The fourth-order valence-electron chi connectivity index (χ4n) is 8.55. The zero-order valence-electron chi connectivity index (χ0n) is 41.9. The number of allylic oxidation sites excluding steroid dienone is 4. The molecule has 2 rings (SSSR count). The van der Waals surface area contributed by atoms with Crippen LogP contribution in [0.1, 0.15) is 206 Å². The maximum atomic E-state index is 13.0. The molecule has 7 N–H and O–H groups in total. The lowest BCUT2D eigenvalue weighted by atomic mass is 9.98. The minimum absolute atomic E-state index is 0.0600. The van der Waals surface area contributed by atoms with Gasteiger partial charge in [-0.25, -0.2) is 0 Å². The summed E-state index contributed by atoms with van der Waals surface area (Å²) >= 11 is 0. The van der Waals surface area contributed by atoms with Gasteiger partial charge in [0, 0.05) is 13.0 Å². The lowest BCUT2D eigenvalue weighted by molar-refractivity contribution is -0.332. The average molecular weight is 959 g/mol. The summed E-state index contributed by atoms with van der Waals surface area (Å²) in [5, 5.41) is 72.2. The molecule has 14 heteroatoms. The molecule has 0 amide bonds. The van der Waals surface area contributed by atoms with Crippen molar-refractivity contribution in [1.29, 1.82) is 0 Å². The van der Waals surface area contributed by atoms with Gasteiger partial charge in [0.25, 0.3) is 0 Å². The van der Waals surface area contributed by atoms with E-state index < -0.39 is 80.7 Å². The second-order valence-corrected chi connectivity index (χ2v) is 19.1. The molecule has 2 aliphatic rings. The molecule has 0 aliphatic carbocycles. The largest absolute Gasteiger partial charge is 0.457 e. The van der Waals surface area contributed by atoms with Crippen LogP contribution in [0.3, 0.4) is 0 Å². The summed E-state index contributed by atoms with van der Waals surface area (Å²) < 4.78 is 34.3. The number of esters is 1. The number of carbonyl (C=O) groups excluding carboxylic acids is 1. The topological polar surface area (TPSA) is 214 Å². The smallest absolute Gasteiger partial charge is 0.306 e. The Morgan fingerprint density at radius 1 is 0.493 bits per heavy atom. The second-order valence-electron chi connectivity index (χ2n) is 19.1. The molecule has 2 saturated heterocycles. The summed E-state index contributed by atoms with van der Waals surface area (Å²) in [6.45, 7) is 3.67. The van der Waals surface area contributed by atoms with Crippen LogP contribution in [0.15, 0.2) is 24.3 Å². The molecule has 0 aromatic carbocycles. The van der Waals surface area contributed by atoms with Crippen LogP contribution in [0.4, 0.5) is 0 Å². The van der Waals surface area contributed by atoms with Crippen LogP contribution in [-0.2, 0) is 33.2 Å². The van der Waals surface area contributed by atoms with Crippen molar-refractivity contribution >= 4 is 5.97 Å². The van der Waals surface area contributed by atoms with E-state index in [1.54, 1.807) is 0 Å². The van der Waals surface area contributed by atoms with Gasteiger partial charge in [-0.2, -0.15) is 0 Å². The third-order valence-electron chi connectivity index (χ3n) is 13.0. The normalized spacial score (nSPS) is 26.2. The zero-order valence-corrected chi connectivity index (χ0v) is 41.9. The molecule has 394 valence electrons. The van der Waals surface area contributed by atoms with Crippen molar-refractivity contribution in [3.05, 3.63) is 24.3 Å². The summed E-state index contributed by atoms with van der Waals surface area (Å²) in [6.07, 6.45) is 28.1. The number of unbranched alkanes of at least 4 members (excludes halogenated alkanes) is 25. The Bertz CT molecular complexity index is 1200. The fourth-order valence-corrected chi connectivity index (χ4v) is 8.55. The van der Waals surface area contributed by atoms with E-state index in [2.05, 4.69) is 38.2 Å². The molecule has 0 aromatic heterocycles. The molecule has 2 fully saturated rings. The number of ether oxygens (including phenoxy) is 6. The first-order valence-electron chi connectivity index (χ1n) is 26.9. The standard InChI is InChI=1S/C53H98O14/c1-3-5-7-9-11-13-15-17-19-20-21-23-25-27-29-31-33-35-37-62-39-42(65-45(55)36-34-32-30-28-26-24-22-18-16-14-12-10-8-6-4-2)40-63-52-51(61)49(59)47(57)44(67-52)41-64-53-50(60)48(58)46(56)43(38-54)66-53/h12,14,18,22,42-44,46-54,56-61H,3-11,13,15-17,19-21,23-41H2,1-2H3/b14-12-,22-18-. The number of rotatable bonds is 43. The molecule has 0 aromatic rings. The number of carbonyl (C=O) groups is 1. The van der Waals surface area contributed by atoms with Gasteiger partial charge in [0.1, 0.15) is 54.9 Å². The first kappa shape index (κ1) is 61.6. The molecule has 2 heterocycles. The van der Waals surface area contributed by atoms with Crippen molar-refractivity contribution in [3.63, 3.8) is 0 Å². The summed E-state index contributed by atoms with van der Waals surface area (Å²) in [5.41, 5.74) is 0. The van der Waals surface area contributed by atoms with E-state index >= 15 is 0 Å². The van der Waals surface area contributed by atoms with Gasteiger partial charge in [-0.1, -0.05) is 179 Å². The van der Waals surface area contributed by atoms with Crippen LogP contribution in [0.2, 0.25) is 0 Å². The van der Waals surface area contributed by atoms with Crippen LogP contribution in [0.5, 0.6) is 0 Å². The molecular formula is C53H98O14. The zero-order chi connectivity index (χ0) is 48.7. The van der Waals surface area contributed by atoms with Gasteiger partial charge in [-0.15, -0.1) is 0 Å². The highest BCUT2D eigenvalue weighted by atomic mass is 16.7. The summed E-state index contributed by atoms with van der Waals surface area (Å²) in [5.74, 6) is -0.387. The Balaban J connectivity index is 1.75. The van der Waals surface area contributed by atoms with Crippen LogP contribution in [-0.4, -0.2) is 142 Å². The Kier molecular flexibility index (Phi) is 37.8. The van der Waals surface area contributed by atoms with Crippen molar-refractivity contribution < 1.29 is 69.0 Å². The first-order valence-corrected chi connectivity index (χ1v) is 26.9. The quantitative estimate of drug-likeness (QED) is 0.0174. The third-order valence-corrected chi connectivity index (χ3v) is 13.0. The third kappa shape index (κ3) is 28.8. The maximum absolute atomic E-state index is 13.0. The van der Waals surface area contributed by atoms with Crippen molar-refractivity contribution in [2.24, 2.45) is 0 Å². The number of aliphatic hydroxyl groups excluding tert-OH is 7.